The molecule has 0 spiro atoms. The Balaban J connectivity index is 0.00000288. The van der Waals surface area contributed by atoms with Gasteiger partial charge in [-0.2, -0.15) is 0 Å². The zero-order chi connectivity index (χ0) is 16.9. The summed E-state index contributed by atoms with van der Waals surface area (Å²) in [6.07, 6.45) is 9.60. The molecule has 1 aromatic rings. The van der Waals surface area contributed by atoms with Crippen molar-refractivity contribution in [3.63, 3.8) is 0 Å². The van der Waals surface area contributed by atoms with Crippen LogP contribution in [-0.4, -0.2) is 5.91 Å². The zero-order valence-electron chi connectivity index (χ0n) is 14.6. The molecule has 24 heavy (non-hydrogen) atoms. The van der Waals surface area contributed by atoms with Gasteiger partial charge in [0.05, 0.1) is 5.69 Å². The van der Waals surface area contributed by atoms with Gasteiger partial charge in [-0.05, 0) is 24.5 Å². The molecule has 132 valence electrons. The summed E-state index contributed by atoms with van der Waals surface area (Å²) >= 11 is 0. The Labute approximate surface area is 158 Å². The fourth-order valence-electron chi connectivity index (χ4n) is 3.30. The molecule has 1 aliphatic carbocycles. The van der Waals surface area contributed by atoms with Crippen LogP contribution in [0.3, 0.4) is 0 Å². The average molecular weight is 371 g/mol. The van der Waals surface area contributed by atoms with Crippen LogP contribution >= 0.6 is 0 Å². The second-order valence-electron chi connectivity index (χ2n) is 7.36. The quantitative estimate of drug-likeness (QED) is 0.641. The first kappa shape index (κ1) is 21.3. The third-order valence-electron chi connectivity index (χ3n) is 4.93. The number of carbonyl (C=O) groups excluding carboxylic acids is 1. The molecule has 1 fully saturated rings. The largest absolute Gasteiger partial charge is 0.323 e. The van der Waals surface area contributed by atoms with E-state index in [9.17, 15) is 13.6 Å². The third kappa shape index (κ3) is 6.29. The van der Waals surface area contributed by atoms with Crippen LogP contribution in [0, 0.1) is 23.0 Å². The molecule has 0 saturated heterocycles. The molecular weight excluding hydrogens is 344 g/mol. The van der Waals surface area contributed by atoms with Crippen LogP contribution in [0.25, 0.3) is 0 Å². The molecule has 0 bridgehead atoms. The Hall–Kier alpha value is -0.736. The summed E-state index contributed by atoms with van der Waals surface area (Å²) in [6.45, 7) is 3.76. The number of hydrogen-bond acceptors (Lipinski definition) is 1. The number of nitrogens with one attached hydrogen (secondary N) is 1. The van der Waals surface area contributed by atoms with Crippen LogP contribution < -0.4 is 5.32 Å². The van der Waals surface area contributed by atoms with E-state index < -0.39 is 17.0 Å². The predicted octanol–water partition coefficient (Wildman–Crippen LogP) is 5.68. The van der Waals surface area contributed by atoms with Crippen molar-refractivity contribution in [3.8, 4) is 0 Å². The van der Waals surface area contributed by atoms with Gasteiger partial charge in [-0.15, -0.1) is 0 Å². The molecule has 0 radical (unpaired) electrons. The average Bonchev–Trinajstić information content (AvgIpc) is 2.51. The number of amides is 1. The van der Waals surface area contributed by atoms with E-state index in [1.54, 1.807) is 0 Å². The third-order valence-corrected chi connectivity index (χ3v) is 4.93. The fourth-order valence-corrected chi connectivity index (χ4v) is 3.30. The topological polar surface area (TPSA) is 29.1 Å². The maximum Gasteiger partial charge on any atom is 0.230 e. The van der Waals surface area contributed by atoms with Crippen LogP contribution in [0.1, 0.15) is 65.2 Å². The number of carbonyl (C=O) groups is 1. The Morgan fingerprint density at radius 3 is 2.50 bits per heavy atom. The van der Waals surface area contributed by atoms with E-state index >= 15 is 0 Å². The first-order chi connectivity index (χ1) is 10.9. The van der Waals surface area contributed by atoms with E-state index in [-0.39, 0.29) is 33.3 Å². The molecule has 1 saturated carbocycles. The van der Waals surface area contributed by atoms with E-state index in [0.717, 1.165) is 30.9 Å². The van der Waals surface area contributed by atoms with E-state index in [4.69, 9.17) is 0 Å². The summed E-state index contributed by atoms with van der Waals surface area (Å²) in [5.41, 5.74) is -0.521. The van der Waals surface area contributed by atoms with E-state index in [0.29, 0.717) is 0 Å². The number of benzene rings is 1. The van der Waals surface area contributed by atoms with Gasteiger partial charge in [0.25, 0.3) is 0 Å². The Kier molecular flexibility index (Phi) is 8.59. The minimum absolute atomic E-state index is 0. The second kappa shape index (κ2) is 9.67. The molecule has 1 N–H and O–H groups in total. The number of rotatable bonds is 6. The molecule has 2 rings (SSSR count). The molecule has 0 unspecified atom stereocenters. The second-order valence-corrected chi connectivity index (χ2v) is 7.36. The first-order valence-electron chi connectivity index (χ1n) is 8.65. The van der Waals surface area contributed by atoms with Crippen LogP contribution in [0.2, 0.25) is 0 Å². The standard InChI is InChI=1S/C19H27F2NO.Ti/c1-19(2,12-6-9-14-7-4-3-5-8-14)18(23)22-17-11-10-15(20)13-16(17)21;/h10-11,13-14H,3-9,12H2,1-2H3,(H,22,23);. The molecule has 1 aliphatic rings. The van der Waals surface area contributed by atoms with Crippen molar-refractivity contribution in [2.45, 2.75) is 65.2 Å². The van der Waals surface area contributed by atoms with Crippen molar-refractivity contribution in [2.24, 2.45) is 11.3 Å². The number of anilines is 1. The summed E-state index contributed by atoms with van der Waals surface area (Å²) in [4.78, 5) is 12.4. The number of halogens is 2. The maximum absolute atomic E-state index is 13.6. The van der Waals surface area contributed by atoms with Gasteiger partial charge in [0.1, 0.15) is 11.6 Å². The Morgan fingerprint density at radius 2 is 1.88 bits per heavy atom. The molecule has 0 aliphatic heterocycles. The predicted molar refractivity (Wildman–Crippen MR) is 89.2 cm³/mol. The van der Waals surface area contributed by atoms with Crippen molar-refractivity contribution in [2.75, 3.05) is 5.32 Å². The molecule has 1 amide bonds. The maximum atomic E-state index is 13.6. The van der Waals surface area contributed by atoms with Crippen LogP contribution in [0.4, 0.5) is 14.5 Å². The van der Waals surface area contributed by atoms with Crippen molar-refractivity contribution < 1.29 is 35.3 Å². The minimum atomic E-state index is -0.739. The van der Waals surface area contributed by atoms with E-state index in [1.165, 1.54) is 44.6 Å². The Morgan fingerprint density at radius 1 is 1.21 bits per heavy atom. The number of hydrogen-bond donors (Lipinski definition) is 1. The summed E-state index contributed by atoms with van der Waals surface area (Å²) in [5.74, 6) is -0.799. The minimum Gasteiger partial charge on any atom is -0.323 e. The normalized spacial score (nSPS) is 15.7. The van der Waals surface area contributed by atoms with Gasteiger partial charge in [-0.3, -0.25) is 4.79 Å². The zero-order valence-corrected chi connectivity index (χ0v) is 16.2. The SMILES string of the molecule is CC(C)(CCCC1CCCCC1)C(=O)Nc1ccc(F)cc1F.[Ti]. The molecule has 0 aromatic heterocycles. The van der Waals surface area contributed by atoms with Crippen LogP contribution in [-0.2, 0) is 26.5 Å². The van der Waals surface area contributed by atoms with Gasteiger partial charge in [0.15, 0.2) is 0 Å². The first-order valence-corrected chi connectivity index (χ1v) is 8.65. The molecule has 2 nitrogen and oxygen atoms in total. The van der Waals surface area contributed by atoms with Crippen LogP contribution in [0.15, 0.2) is 18.2 Å². The van der Waals surface area contributed by atoms with Gasteiger partial charge < -0.3 is 5.32 Å². The van der Waals surface area contributed by atoms with Gasteiger partial charge >= 0.3 is 0 Å². The molecule has 0 atom stereocenters. The van der Waals surface area contributed by atoms with Gasteiger partial charge in [-0.25, -0.2) is 8.78 Å². The van der Waals surface area contributed by atoms with Crippen molar-refractivity contribution in [3.05, 3.63) is 29.8 Å². The molecule has 0 heterocycles. The van der Waals surface area contributed by atoms with E-state index in [1.807, 2.05) is 13.8 Å². The van der Waals surface area contributed by atoms with Gasteiger partial charge in [0, 0.05) is 33.2 Å². The Bertz CT molecular complexity index is 542. The molecule has 5 heteroatoms. The van der Waals surface area contributed by atoms with Crippen molar-refractivity contribution >= 4 is 11.6 Å². The van der Waals surface area contributed by atoms with Crippen LogP contribution in [0.5, 0.6) is 0 Å². The van der Waals surface area contributed by atoms with E-state index in [2.05, 4.69) is 5.32 Å². The van der Waals surface area contributed by atoms with Gasteiger partial charge in [-0.1, -0.05) is 58.8 Å². The summed E-state index contributed by atoms with van der Waals surface area (Å²) in [6, 6.07) is 3.20. The molecular formula is C19H27F2NOTi. The summed E-state index contributed by atoms with van der Waals surface area (Å²) < 4.78 is 26.5. The summed E-state index contributed by atoms with van der Waals surface area (Å²) in [5, 5.41) is 2.59. The van der Waals surface area contributed by atoms with Crippen molar-refractivity contribution in [1.29, 1.82) is 0 Å². The summed E-state index contributed by atoms with van der Waals surface area (Å²) in [7, 11) is 0. The smallest absolute Gasteiger partial charge is 0.230 e. The molecule has 1 aromatic carbocycles. The van der Waals surface area contributed by atoms with Gasteiger partial charge in [0.2, 0.25) is 5.91 Å². The monoisotopic (exact) mass is 371 g/mol. The van der Waals surface area contributed by atoms with Crippen molar-refractivity contribution in [1.82, 2.24) is 0 Å². The fraction of sp³-hybridized carbons (Fsp3) is 0.632.